The molecule has 2 bridgehead atoms. The maximum atomic E-state index is 14.0. The number of rotatable bonds is 0. The van der Waals surface area contributed by atoms with Crippen LogP contribution in [0.5, 0.6) is 5.88 Å². The predicted molar refractivity (Wildman–Crippen MR) is 95.4 cm³/mol. The van der Waals surface area contributed by atoms with E-state index < -0.39 is 5.82 Å². The third-order valence-corrected chi connectivity index (χ3v) is 4.80. The van der Waals surface area contributed by atoms with E-state index in [1.54, 1.807) is 17.3 Å². The van der Waals surface area contributed by atoms with Crippen LogP contribution in [0.3, 0.4) is 0 Å². The Hall–Kier alpha value is -3.27. The van der Waals surface area contributed by atoms with Gasteiger partial charge in [-0.1, -0.05) is 0 Å². The van der Waals surface area contributed by atoms with Gasteiger partial charge in [0, 0.05) is 24.2 Å². The third-order valence-electron chi connectivity index (χ3n) is 4.80. The predicted octanol–water partition coefficient (Wildman–Crippen LogP) is 1.66. The molecule has 2 atom stereocenters. The standard InChI is InChI=1S/C18H17FN6O3/c1-10-7-20-17(26)13-9-22-24-4-2-15(23-16(13)24)25-14(3-5-27-25)12-6-11(19)8-21-18(12)28-10/h2,4,6,8-10,14H,3,5,7H2,1H3,(H,20,26)/t10-,14?/m0/s1. The summed E-state index contributed by atoms with van der Waals surface area (Å²) in [6.45, 7) is 2.50. The molecule has 3 aromatic heterocycles. The topological polar surface area (TPSA) is 93.9 Å². The van der Waals surface area contributed by atoms with Gasteiger partial charge >= 0.3 is 0 Å². The summed E-state index contributed by atoms with van der Waals surface area (Å²) >= 11 is 0. The van der Waals surface area contributed by atoms with Crippen LogP contribution in [-0.4, -0.2) is 44.7 Å². The number of hydroxylamine groups is 1. The van der Waals surface area contributed by atoms with Crippen molar-refractivity contribution in [3.63, 3.8) is 0 Å². The zero-order valence-electron chi connectivity index (χ0n) is 15.0. The van der Waals surface area contributed by atoms with E-state index in [2.05, 4.69) is 20.4 Å². The average molecular weight is 384 g/mol. The van der Waals surface area contributed by atoms with Crippen molar-refractivity contribution in [1.29, 1.82) is 0 Å². The number of anilines is 1. The molecule has 0 saturated carbocycles. The number of fused-ring (bicyclic) bond motifs is 5. The summed E-state index contributed by atoms with van der Waals surface area (Å²) in [5.41, 5.74) is 1.34. The average Bonchev–Trinajstić information content (AvgIpc) is 3.33. The van der Waals surface area contributed by atoms with Crippen molar-refractivity contribution < 1.29 is 18.8 Å². The van der Waals surface area contributed by atoms with Crippen molar-refractivity contribution in [2.24, 2.45) is 0 Å². The first-order chi connectivity index (χ1) is 13.6. The van der Waals surface area contributed by atoms with Gasteiger partial charge in [-0.3, -0.25) is 9.63 Å². The van der Waals surface area contributed by atoms with Gasteiger partial charge < -0.3 is 10.1 Å². The van der Waals surface area contributed by atoms with Crippen molar-refractivity contribution in [2.75, 3.05) is 18.2 Å². The largest absolute Gasteiger partial charge is 0.473 e. The number of nitrogens with zero attached hydrogens (tertiary/aromatic N) is 5. The molecule has 1 N–H and O–H groups in total. The number of amides is 1. The second kappa shape index (κ2) is 6.41. The van der Waals surface area contributed by atoms with E-state index in [1.165, 1.54) is 16.8 Å². The zero-order valence-corrected chi connectivity index (χ0v) is 15.0. The molecule has 1 fully saturated rings. The number of carbonyl (C=O) groups excluding carboxylic acids is 1. The molecule has 3 aromatic rings. The number of ether oxygens (including phenoxy) is 1. The van der Waals surface area contributed by atoms with E-state index in [1.807, 2.05) is 6.92 Å². The molecule has 5 rings (SSSR count). The summed E-state index contributed by atoms with van der Waals surface area (Å²) in [5, 5.41) is 8.60. The number of pyridine rings is 1. The van der Waals surface area contributed by atoms with Gasteiger partial charge in [0.15, 0.2) is 11.5 Å². The SMILES string of the molecule is C[C@H]1CNC(=O)c2cnn3ccc(nc23)N2OCCC2c2cc(F)cnc2O1. The first kappa shape index (κ1) is 16.9. The Morgan fingerprint density at radius 3 is 3.14 bits per heavy atom. The van der Waals surface area contributed by atoms with Crippen LogP contribution in [0, 0.1) is 5.82 Å². The molecule has 1 unspecified atom stereocenters. The highest BCUT2D eigenvalue weighted by molar-refractivity contribution is 5.99. The van der Waals surface area contributed by atoms with Crippen LogP contribution in [0.2, 0.25) is 0 Å². The van der Waals surface area contributed by atoms with E-state index in [4.69, 9.17) is 9.57 Å². The fraction of sp³-hybridized carbons (Fsp3) is 0.333. The summed E-state index contributed by atoms with van der Waals surface area (Å²) in [6, 6.07) is 2.81. The van der Waals surface area contributed by atoms with E-state index in [-0.39, 0.29) is 24.6 Å². The van der Waals surface area contributed by atoms with E-state index in [9.17, 15) is 9.18 Å². The minimum absolute atomic E-state index is 0.249. The Kier molecular flexibility index (Phi) is 3.86. The summed E-state index contributed by atoms with van der Waals surface area (Å²) in [7, 11) is 0. The normalized spacial score (nSPS) is 21.9. The van der Waals surface area contributed by atoms with Gasteiger partial charge in [0.25, 0.3) is 5.91 Å². The number of halogens is 1. The number of carbonyl (C=O) groups is 1. The quantitative estimate of drug-likeness (QED) is 0.630. The fourth-order valence-electron chi connectivity index (χ4n) is 3.46. The summed E-state index contributed by atoms with van der Waals surface area (Å²) in [4.78, 5) is 27.1. The zero-order chi connectivity index (χ0) is 19.3. The maximum absolute atomic E-state index is 14.0. The molecular weight excluding hydrogens is 367 g/mol. The molecular formula is C18H17FN6O3. The van der Waals surface area contributed by atoms with Crippen LogP contribution in [0.15, 0.2) is 30.7 Å². The molecule has 10 heteroatoms. The second-order valence-corrected chi connectivity index (χ2v) is 6.76. The Morgan fingerprint density at radius 2 is 2.25 bits per heavy atom. The molecule has 144 valence electrons. The molecule has 5 heterocycles. The van der Waals surface area contributed by atoms with Crippen LogP contribution >= 0.6 is 0 Å². The van der Waals surface area contributed by atoms with Crippen LogP contribution in [0.25, 0.3) is 5.65 Å². The number of hydrogen-bond acceptors (Lipinski definition) is 7. The third kappa shape index (κ3) is 2.73. The van der Waals surface area contributed by atoms with Crippen LogP contribution < -0.4 is 15.1 Å². The fourth-order valence-corrected chi connectivity index (χ4v) is 3.46. The van der Waals surface area contributed by atoms with Gasteiger partial charge in [-0.2, -0.15) is 5.10 Å². The van der Waals surface area contributed by atoms with Gasteiger partial charge in [-0.05, 0) is 13.0 Å². The van der Waals surface area contributed by atoms with E-state index in [0.29, 0.717) is 41.5 Å². The first-order valence-electron chi connectivity index (χ1n) is 8.97. The highest BCUT2D eigenvalue weighted by Crippen LogP contribution is 2.38. The Morgan fingerprint density at radius 1 is 1.36 bits per heavy atom. The van der Waals surface area contributed by atoms with Gasteiger partial charge in [0.1, 0.15) is 17.5 Å². The monoisotopic (exact) mass is 384 g/mol. The second-order valence-electron chi connectivity index (χ2n) is 6.76. The van der Waals surface area contributed by atoms with E-state index in [0.717, 1.165) is 6.20 Å². The van der Waals surface area contributed by atoms with Crippen molar-refractivity contribution in [2.45, 2.75) is 25.5 Å². The highest BCUT2D eigenvalue weighted by atomic mass is 19.1. The van der Waals surface area contributed by atoms with Crippen molar-refractivity contribution in [3.05, 3.63) is 47.7 Å². The lowest BCUT2D eigenvalue weighted by Crippen LogP contribution is -2.34. The minimum Gasteiger partial charge on any atom is -0.473 e. The van der Waals surface area contributed by atoms with E-state index >= 15 is 0 Å². The highest BCUT2D eigenvalue weighted by Gasteiger charge is 2.33. The van der Waals surface area contributed by atoms with Crippen molar-refractivity contribution in [1.82, 2.24) is 24.9 Å². The number of aromatic nitrogens is 4. The molecule has 2 aliphatic rings. The van der Waals surface area contributed by atoms with Gasteiger partial charge in [0.2, 0.25) is 5.88 Å². The summed E-state index contributed by atoms with van der Waals surface area (Å²) < 4.78 is 21.4. The Labute approximate surface area is 159 Å². The van der Waals surface area contributed by atoms with Crippen LogP contribution in [-0.2, 0) is 4.84 Å². The smallest absolute Gasteiger partial charge is 0.256 e. The number of nitrogens with one attached hydrogen (secondary N) is 1. The molecule has 1 amide bonds. The van der Waals surface area contributed by atoms with Gasteiger partial charge in [-0.25, -0.2) is 23.9 Å². The molecule has 9 nitrogen and oxygen atoms in total. The molecule has 2 aliphatic heterocycles. The molecule has 28 heavy (non-hydrogen) atoms. The lowest BCUT2D eigenvalue weighted by Gasteiger charge is -2.25. The lowest BCUT2D eigenvalue weighted by molar-refractivity contribution is 0.0932. The lowest BCUT2D eigenvalue weighted by atomic mass is 10.1. The molecule has 0 spiro atoms. The molecule has 0 aliphatic carbocycles. The van der Waals surface area contributed by atoms with Crippen molar-refractivity contribution >= 4 is 17.4 Å². The molecule has 1 saturated heterocycles. The van der Waals surface area contributed by atoms with Gasteiger partial charge in [0.05, 0.1) is 31.6 Å². The minimum atomic E-state index is -0.457. The van der Waals surface area contributed by atoms with Crippen LogP contribution in [0.1, 0.15) is 35.3 Å². The summed E-state index contributed by atoms with van der Waals surface area (Å²) in [6.07, 6.45) is 4.54. The Bertz CT molecular complexity index is 1070. The van der Waals surface area contributed by atoms with Crippen molar-refractivity contribution in [3.8, 4) is 5.88 Å². The van der Waals surface area contributed by atoms with Crippen LogP contribution in [0.4, 0.5) is 10.2 Å². The first-order valence-corrected chi connectivity index (χ1v) is 8.97. The van der Waals surface area contributed by atoms with Gasteiger partial charge in [-0.15, -0.1) is 0 Å². The molecule has 0 aromatic carbocycles. The number of hydrogen-bond donors (Lipinski definition) is 1. The maximum Gasteiger partial charge on any atom is 0.256 e. The Balaban J connectivity index is 1.69. The molecule has 0 radical (unpaired) electrons. The summed E-state index contributed by atoms with van der Waals surface area (Å²) in [5.74, 6) is 0.0421.